The molecule has 0 spiro atoms. The van der Waals surface area contributed by atoms with E-state index in [0.29, 0.717) is 15.2 Å². The Labute approximate surface area is 157 Å². The van der Waals surface area contributed by atoms with Gasteiger partial charge in [0.2, 0.25) is 0 Å². The second-order valence-corrected chi connectivity index (χ2v) is 6.84. The molecule has 0 bridgehead atoms. The van der Waals surface area contributed by atoms with Crippen LogP contribution in [0.15, 0.2) is 40.3 Å². The molecule has 0 unspecified atom stereocenters. The standard InChI is InChI=1S/C17H13IN2O3S/c1-9-3-5-13(10(2)7-9)20-16(22)12(15(21)19-17(20)24)8-11-4-6-14(18)23-11/h3-8H,1-2H3,(H,19,21,24)/b12-8-. The van der Waals surface area contributed by atoms with Gasteiger partial charge in [-0.15, -0.1) is 0 Å². The highest BCUT2D eigenvalue weighted by Gasteiger charge is 2.35. The lowest BCUT2D eigenvalue weighted by atomic mass is 10.1. The number of halogens is 1. The van der Waals surface area contributed by atoms with Crippen LogP contribution in [0.3, 0.4) is 0 Å². The number of carbonyl (C=O) groups excluding carboxylic acids is 2. The summed E-state index contributed by atoms with van der Waals surface area (Å²) in [6.07, 6.45) is 1.43. The molecule has 1 aromatic heterocycles. The number of benzene rings is 1. The fourth-order valence-corrected chi connectivity index (χ4v) is 3.19. The van der Waals surface area contributed by atoms with Crippen molar-refractivity contribution in [3.8, 4) is 0 Å². The van der Waals surface area contributed by atoms with Crippen molar-refractivity contribution in [3.05, 3.63) is 56.6 Å². The Bertz CT molecular complexity index is 901. The quantitative estimate of drug-likeness (QED) is 0.329. The van der Waals surface area contributed by atoms with Gasteiger partial charge in [-0.05, 0) is 78.5 Å². The van der Waals surface area contributed by atoms with Crippen LogP contribution in [0, 0.1) is 17.6 Å². The van der Waals surface area contributed by atoms with Gasteiger partial charge in [0, 0.05) is 0 Å². The number of rotatable bonds is 2. The van der Waals surface area contributed by atoms with Crippen molar-refractivity contribution in [2.45, 2.75) is 13.8 Å². The molecule has 1 aliphatic rings. The highest BCUT2D eigenvalue weighted by Crippen LogP contribution is 2.26. The van der Waals surface area contributed by atoms with E-state index < -0.39 is 11.8 Å². The van der Waals surface area contributed by atoms with Crippen molar-refractivity contribution in [1.82, 2.24) is 5.32 Å². The third kappa shape index (κ3) is 3.13. The molecule has 122 valence electrons. The molecule has 0 atom stereocenters. The van der Waals surface area contributed by atoms with Crippen LogP contribution < -0.4 is 10.2 Å². The Balaban J connectivity index is 2.04. The van der Waals surface area contributed by atoms with E-state index in [1.807, 2.05) is 54.6 Å². The number of hydrogen-bond acceptors (Lipinski definition) is 4. The Kier molecular flexibility index (Phi) is 4.55. The van der Waals surface area contributed by atoms with Gasteiger partial charge < -0.3 is 4.42 Å². The van der Waals surface area contributed by atoms with Crippen LogP contribution in [-0.2, 0) is 9.59 Å². The van der Waals surface area contributed by atoms with Gasteiger partial charge in [0.1, 0.15) is 11.3 Å². The molecule has 5 nitrogen and oxygen atoms in total. The van der Waals surface area contributed by atoms with Crippen molar-refractivity contribution in [3.63, 3.8) is 0 Å². The molecule has 0 saturated carbocycles. The zero-order valence-electron chi connectivity index (χ0n) is 12.9. The van der Waals surface area contributed by atoms with Crippen LogP contribution in [0.4, 0.5) is 5.69 Å². The van der Waals surface area contributed by atoms with E-state index in [1.54, 1.807) is 12.1 Å². The molecular weight excluding hydrogens is 439 g/mol. The molecule has 2 aromatic rings. The SMILES string of the molecule is Cc1ccc(N2C(=O)/C(=C\c3ccc(I)o3)C(=O)NC2=S)c(C)c1. The van der Waals surface area contributed by atoms with Gasteiger partial charge in [0.15, 0.2) is 8.88 Å². The molecule has 2 amide bonds. The molecule has 2 heterocycles. The minimum absolute atomic E-state index is 0.0191. The molecule has 1 aromatic carbocycles. The number of nitrogens with one attached hydrogen (secondary N) is 1. The summed E-state index contributed by atoms with van der Waals surface area (Å²) in [6, 6.07) is 9.13. The summed E-state index contributed by atoms with van der Waals surface area (Å²) in [5, 5.41) is 2.64. The lowest BCUT2D eigenvalue weighted by Crippen LogP contribution is -2.54. The first-order valence-corrected chi connectivity index (χ1v) is 8.59. The maximum Gasteiger partial charge on any atom is 0.270 e. The van der Waals surface area contributed by atoms with Crippen LogP contribution in [-0.4, -0.2) is 16.9 Å². The van der Waals surface area contributed by atoms with E-state index in [0.717, 1.165) is 11.1 Å². The minimum Gasteiger partial charge on any atom is -0.451 e. The van der Waals surface area contributed by atoms with E-state index in [2.05, 4.69) is 5.32 Å². The van der Waals surface area contributed by atoms with Gasteiger partial charge in [-0.25, -0.2) is 0 Å². The molecule has 1 fully saturated rings. The first-order valence-electron chi connectivity index (χ1n) is 7.11. The number of carbonyl (C=O) groups is 2. The molecule has 1 N–H and O–H groups in total. The van der Waals surface area contributed by atoms with Gasteiger partial charge >= 0.3 is 0 Å². The number of anilines is 1. The van der Waals surface area contributed by atoms with Gasteiger partial charge in [0.25, 0.3) is 11.8 Å². The van der Waals surface area contributed by atoms with Crippen LogP contribution in [0.1, 0.15) is 16.9 Å². The molecule has 0 radical (unpaired) electrons. The third-order valence-electron chi connectivity index (χ3n) is 3.58. The zero-order valence-corrected chi connectivity index (χ0v) is 15.9. The monoisotopic (exact) mass is 452 g/mol. The average Bonchev–Trinajstić information content (AvgIpc) is 2.91. The smallest absolute Gasteiger partial charge is 0.270 e. The normalized spacial score (nSPS) is 16.7. The van der Waals surface area contributed by atoms with E-state index in [4.69, 9.17) is 16.6 Å². The first-order chi connectivity index (χ1) is 11.4. The Morgan fingerprint density at radius 2 is 1.96 bits per heavy atom. The van der Waals surface area contributed by atoms with Crippen LogP contribution in [0.2, 0.25) is 0 Å². The summed E-state index contributed by atoms with van der Waals surface area (Å²) in [4.78, 5) is 26.4. The predicted molar refractivity (Wildman–Crippen MR) is 104 cm³/mol. The topological polar surface area (TPSA) is 62.6 Å². The van der Waals surface area contributed by atoms with E-state index in [9.17, 15) is 9.59 Å². The van der Waals surface area contributed by atoms with Crippen LogP contribution in [0.5, 0.6) is 0 Å². The van der Waals surface area contributed by atoms with Crippen molar-refractivity contribution in [2.24, 2.45) is 0 Å². The maximum absolute atomic E-state index is 12.9. The van der Waals surface area contributed by atoms with Crippen LogP contribution in [0.25, 0.3) is 6.08 Å². The van der Waals surface area contributed by atoms with Crippen molar-refractivity contribution in [2.75, 3.05) is 4.90 Å². The second-order valence-electron chi connectivity index (χ2n) is 5.39. The van der Waals surface area contributed by atoms with Crippen LogP contribution >= 0.6 is 34.8 Å². The lowest BCUT2D eigenvalue weighted by Gasteiger charge is -2.30. The molecule has 24 heavy (non-hydrogen) atoms. The molecule has 7 heteroatoms. The van der Waals surface area contributed by atoms with Crippen molar-refractivity contribution >= 4 is 63.5 Å². The summed E-state index contributed by atoms with van der Waals surface area (Å²) in [7, 11) is 0. The average molecular weight is 452 g/mol. The molecule has 1 saturated heterocycles. The van der Waals surface area contributed by atoms with E-state index in [1.165, 1.54) is 11.0 Å². The zero-order chi connectivity index (χ0) is 17.4. The number of aryl methyl sites for hydroxylation is 2. The van der Waals surface area contributed by atoms with Gasteiger partial charge in [-0.1, -0.05) is 17.7 Å². The van der Waals surface area contributed by atoms with E-state index in [-0.39, 0.29) is 10.7 Å². The van der Waals surface area contributed by atoms with Gasteiger partial charge in [-0.3, -0.25) is 19.8 Å². The Hall–Kier alpha value is -2.00. The number of hydrogen-bond donors (Lipinski definition) is 1. The second kappa shape index (κ2) is 6.48. The summed E-state index contributed by atoms with van der Waals surface area (Å²) in [5.41, 5.74) is 2.61. The summed E-state index contributed by atoms with van der Waals surface area (Å²) in [5.74, 6) is -0.564. The maximum atomic E-state index is 12.9. The predicted octanol–water partition coefficient (Wildman–Crippen LogP) is 3.33. The van der Waals surface area contributed by atoms with Crippen molar-refractivity contribution < 1.29 is 14.0 Å². The highest BCUT2D eigenvalue weighted by atomic mass is 127. The largest absolute Gasteiger partial charge is 0.451 e. The van der Waals surface area contributed by atoms with Gasteiger partial charge in [-0.2, -0.15) is 0 Å². The molecule has 1 aliphatic heterocycles. The Morgan fingerprint density at radius 3 is 2.58 bits per heavy atom. The number of furan rings is 1. The first kappa shape index (κ1) is 16.8. The Morgan fingerprint density at radius 1 is 1.21 bits per heavy atom. The summed E-state index contributed by atoms with van der Waals surface area (Å²) < 4.78 is 6.09. The lowest BCUT2D eigenvalue weighted by molar-refractivity contribution is -0.122. The number of nitrogens with zero attached hydrogens (tertiary/aromatic N) is 1. The van der Waals surface area contributed by atoms with Gasteiger partial charge in [0.05, 0.1) is 5.69 Å². The fraction of sp³-hybridized carbons (Fsp3) is 0.118. The molecule has 0 aliphatic carbocycles. The minimum atomic E-state index is -0.530. The number of amides is 2. The molecular formula is C17H13IN2O3S. The number of thiocarbonyl (C=S) groups is 1. The molecule has 3 rings (SSSR count). The highest BCUT2D eigenvalue weighted by molar-refractivity contribution is 14.1. The third-order valence-corrected chi connectivity index (χ3v) is 4.44. The fourth-order valence-electron chi connectivity index (χ4n) is 2.48. The summed E-state index contributed by atoms with van der Waals surface area (Å²) in [6.45, 7) is 3.87. The van der Waals surface area contributed by atoms with Crippen molar-refractivity contribution in [1.29, 1.82) is 0 Å². The van der Waals surface area contributed by atoms with E-state index >= 15 is 0 Å². The summed E-state index contributed by atoms with van der Waals surface area (Å²) >= 11 is 7.22.